The molecule has 1 aliphatic rings. The normalized spacial score (nSPS) is 17.1. The van der Waals surface area contributed by atoms with Gasteiger partial charge in [-0.05, 0) is 35.7 Å². The van der Waals surface area contributed by atoms with Gasteiger partial charge < -0.3 is 15.6 Å². The first-order valence-corrected chi connectivity index (χ1v) is 10.2. The number of amides is 2. The summed E-state index contributed by atoms with van der Waals surface area (Å²) in [6.45, 7) is 2.20. The second kappa shape index (κ2) is 9.09. The number of fused-ring (bicyclic) bond motifs is 1. The van der Waals surface area contributed by atoms with E-state index in [0.717, 1.165) is 22.0 Å². The Morgan fingerprint density at radius 1 is 1.17 bits per heavy atom. The lowest BCUT2D eigenvalue weighted by Gasteiger charge is -2.34. The molecule has 0 radical (unpaired) electrons. The van der Waals surface area contributed by atoms with Crippen LogP contribution in [0.25, 0.3) is 10.9 Å². The van der Waals surface area contributed by atoms with E-state index in [2.05, 4.69) is 21.7 Å². The van der Waals surface area contributed by atoms with Crippen LogP contribution >= 0.6 is 0 Å². The number of aromatic nitrogens is 1. The van der Waals surface area contributed by atoms with Gasteiger partial charge >= 0.3 is 0 Å². The highest BCUT2D eigenvalue weighted by Gasteiger charge is 2.31. The monoisotopic (exact) mass is 408 g/mol. The molecular formula is C23H25FN4O2. The van der Waals surface area contributed by atoms with Crippen LogP contribution in [0.2, 0.25) is 0 Å². The van der Waals surface area contributed by atoms with Crippen molar-refractivity contribution in [1.82, 2.24) is 20.5 Å². The number of benzene rings is 2. The van der Waals surface area contributed by atoms with Crippen LogP contribution in [0.5, 0.6) is 0 Å². The highest BCUT2D eigenvalue weighted by atomic mass is 19.1. The van der Waals surface area contributed by atoms with E-state index in [4.69, 9.17) is 0 Å². The molecule has 0 aliphatic carbocycles. The predicted octanol–water partition coefficient (Wildman–Crippen LogP) is 2.36. The zero-order chi connectivity index (χ0) is 20.9. The van der Waals surface area contributed by atoms with Crippen LogP contribution in [0.15, 0.2) is 54.7 Å². The Labute approximate surface area is 174 Å². The molecule has 2 amide bonds. The maximum atomic E-state index is 13.1. The zero-order valence-corrected chi connectivity index (χ0v) is 16.7. The molecule has 30 heavy (non-hydrogen) atoms. The smallest absolute Gasteiger partial charge is 0.237 e. The van der Waals surface area contributed by atoms with Gasteiger partial charge in [0.2, 0.25) is 11.8 Å². The van der Waals surface area contributed by atoms with Crippen molar-refractivity contribution in [3.8, 4) is 0 Å². The average Bonchev–Trinajstić information content (AvgIpc) is 3.15. The maximum absolute atomic E-state index is 13.1. The van der Waals surface area contributed by atoms with Gasteiger partial charge in [-0.2, -0.15) is 0 Å². The summed E-state index contributed by atoms with van der Waals surface area (Å²) in [7, 11) is 0. The molecule has 7 heteroatoms. The van der Waals surface area contributed by atoms with E-state index in [1.54, 1.807) is 12.1 Å². The third-order valence-electron chi connectivity index (χ3n) is 5.51. The van der Waals surface area contributed by atoms with Gasteiger partial charge in [-0.3, -0.25) is 14.5 Å². The van der Waals surface area contributed by atoms with Gasteiger partial charge in [0.05, 0.1) is 12.5 Å². The lowest BCUT2D eigenvalue weighted by Crippen LogP contribution is -2.56. The van der Waals surface area contributed by atoms with E-state index in [-0.39, 0.29) is 24.1 Å². The van der Waals surface area contributed by atoms with Gasteiger partial charge in [0.1, 0.15) is 5.82 Å². The first-order valence-electron chi connectivity index (χ1n) is 10.2. The summed E-state index contributed by atoms with van der Waals surface area (Å²) in [5, 5.41) is 6.93. The maximum Gasteiger partial charge on any atom is 0.237 e. The number of piperazine rings is 1. The van der Waals surface area contributed by atoms with Gasteiger partial charge in [0.25, 0.3) is 0 Å². The molecule has 1 unspecified atom stereocenters. The number of hydrogen-bond acceptors (Lipinski definition) is 3. The van der Waals surface area contributed by atoms with E-state index in [9.17, 15) is 14.0 Å². The summed E-state index contributed by atoms with van der Waals surface area (Å²) >= 11 is 0. The molecule has 1 saturated heterocycles. The lowest BCUT2D eigenvalue weighted by atomic mass is 10.1. The zero-order valence-electron chi connectivity index (χ0n) is 16.7. The van der Waals surface area contributed by atoms with Crippen molar-refractivity contribution in [2.75, 3.05) is 19.6 Å². The Hall–Kier alpha value is -3.19. The van der Waals surface area contributed by atoms with Crippen LogP contribution in [0.3, 0.4) is 0 Å². The summed E-state index contributed by atoms with van der Waals surface area (Å²) in [6.07, 6.45) is 2.78. The van der Waals surface area contributed by atoms with Crippen LogP contribution in [-0.2, 0) is 22.6 Å². The number of hydrogen-bond donors (Lipinski definition) is 3. The third kappa shape index (κ3) is 4.68. The topological polar surface area (TPSA) is 77.2 Å². The fourth-order valence-corrected chi connectivity index (χ4v) is 3.92. The molecule has 0 bridgehead atoms. The van der Waals surface area contributed by atoms with Crippen molar-refractivity contribution in [1.29, 1.82) is 0 Å². The molecule has 1 aromatic heterocycles. The fourth-order valence-electron chi connectivity index (χ4n) is 3.92. The molecule has 1 atom stereocenters. The fraction of sp³-hybridized carbons (Fsp3) is 0.304. The van der Waals surface area contributed by atoms with Gasteiger partial charge in [-0.15, -0.1) is 0 Å². The number of rotatable bonds is 7. The molecule has 1 aliphatic heterocycles. The first-order chi connectivity index (χ1) is 14.6. The Morgan fingerprint density at radius 3 is 2.80 bits per heavy atom. The SMILES string of the molecule is O=C(CC1C(=O)NCCN1Cc1ccc(F)cc1)NCCc1c[nH]c2ccccc12. The first kappa shape index (κ1) is 20.1. The van der Waals surface area contributed by atoms with Gasteiger partial charge in [0.15, 0.2) is 0 Å². The third-order valence-corrected chi connectivity index (χ3v) is 5.51. The highest BCUT2D eigenvalue weighted by Crippen LogP contribution is 2.18. The molecule has 0 spiro atoms. The van der Waals surface area contributed by atoms with E-state index in [0.29, 0.717) is 32.6 Å². The van der Waals surface area contributed by atoms with Gasteiger partial charge in [-0.1, -0.05) is 30.3 Å². The van der Waals surface area contributed by atoms with Crippen LogP contribution in [0, 0.1) is 5.82 Å². The highest BCUT2D eigenvalue weighted by molar-refractivity contribution is 5.89. The van der Waals surface area contributed by atoms with Gasteiger partial charge in [-0.25, -0.2) is 4.39 Å². The van der Waals surface area contributed by atoms with Crippen molar-refractivity contribution in [2.45, 2.75) is 25.4 Å². The summed E-state index contributed by atoms with van der Waals surface area (Å²) in [6, 6.07) is 13.8. The van der Waals surface area contributed by atoms with E-state index in [1.165, 1.54) is 12.1 Å². The van der Waals surface area contributed by atoms with Crippen molar-refractivity contribution in [2.24, 2.45) is 0 Å². The van der Waals surface area contributed by atoms with E-state index in [1.807, 2.05) is 29.3 Å². The van der Waals surface area contributed by atoms with Gasteiger partial charge in [0, 0.05) is 43.3 Å². The van der Waals surface area contributed by atoms with Crippen LogP contribution in [0.1, 0.15) is 17.5 Å². The Balaban J connectivity index is 1.32. The number of nitrogens with zero attached hydrogens (tertiary/aromatic N) is 1. The summed E-state index contributed by atoms with van der Waals surface area (Å²) in [5.41, 5.74) is 3.14. The summed E-state index contributed by atoms with van der Waals surface area (Å²) in [5.74, 6) is -0.586. The Bertz CT molecular complexity index is 1030. The number of aromatic amines is 1. The molecule has 0 saturated carbocycles. The number of halogens is 1. The predicted molar refractivity (Wildman–Crippen MR) is 113 cm³/mol. The second-order valence-electron chi connectivity index (χ2n) is 7.57. The molecule has 3 aromatic rings. The van der Waals surface area contributed by atoms with Crippen molar-refractivity contribution < 1.29 is 14.0 Å². The molecule has 2 heterocycles. The van der Waals surface area contributed by atoms with Crippen LogP contribution < -0.4 is 10.6 Å². The number of carbonyl (C=O) groups is 2. The number of carbonyl (C=O) groups excluding carboxylic acids is 2. The summed E-state index contributed by atoms with van der Waals surface area (Å²) < 4.78 is 13.1. The minimum Gasteiger partial charge on any atom is -0.361 e. The number of H-pyrrole nitrogens is 1. The van der Waals surface area contributed by atoms with E-state index < -0.39 is 6.04 Å². The molecular weight excluding hydrogens is 383 g/mol. The van der Waals surface area contributed by atoms with Crippen molar-refractivity contribution >= 4 is 22.7 Å². The molecule has 1 fully saturated rings. The van der Waals surface area contributed by atoms with Crippen LogP contribution in [-0.4, -0.2) is 47.4 Å². The van der Waals surface area contributed by atoms with E-state index >= 15 is 0 Å². The molecule has 4 rings (SSSR count). The lowest BCUT2D eigenvalue weighted by molar-refractivity contribution is -0.134. The van der Waals surface area contributed by atoms with Crippen molar-refractivity contribution in [3.63, 3.8) is 0 Å². The minimum atomic E-state index is -0.531. The van der Waals surface area contributed by atoms with Crippen molar-refractivity contribution in [3.05, 3.63) is 71.7 Å². The molecule has 3 N–H and O–H groups in total. The Kier molecular flexibility index (Phi) is 6.09. The second-order valence-corrected chi connectivity index (χ2v) is 7.57. The average molecular weight is 408 g/mol. The molecule has 2 aromatic carbocycles. The summed E-state index contributed by atoms with van der Waals surface area (Å²) in [4.78, 5) is 30.1. The molecule has 6 nitrogen and oxygen atoms in total. The number of para-hydroxylation sites is 1. The largest absolute Gasteiger partial charge is 0.361 e. The number of nitrogens with one attached hydrogen (secondary N) is 3. The molecule has 156 valence electrons. The minimum absolute atomic E-state index is 0.0981. The quantitative estimate of drug-likeness (QED) is 0.562. The van der Waals surface area contributed by atoms with Crippen LogP contribution in [0.4, 0.5) is 4.39 Å². The Morgan fingerprint density at radius 2 is 1.97 bits per heavy atom. The standard InChI is InChI=1S/C23H25FN4O2/c24-18-7-5-16(6-8-18)15-28-12-11-26-23(30)21(28)13-22(29)25-10-9-17-14-27-20-4-2-1-3-19(17)20/h1-8,14,21,27H,9-13,15H2,(H,25,29)(H,26,30).